The highest BCUT2D eigenvalue weighted by atomic mass is 19.1. The molecule has 5 heteroatoms. The molecular formula is C18H22FNO3. The molecule has 0 radical (unpaired) electrons. The van der Waals surface area contributed by atoms with Gasteiger partial charge in [0.15, 0.2) is 0 Å². The molecule has 0 saturated heterocycles. The Morgan fingerprint density at radius 3 is 2.39 bits per heavy atom. The Kier molecular flexibility index (Phi) is 4.94. The highest BCUT2D eigenvalue weighted by molar-refractivity contribution is 5.85. The number of rotatable bonds is 6. The summed E-state index contributed by atoms with van der Waals surface area (Å²) in [5.74, 6) is -0.689. The van der Waals surface area contributed by atoms with E-state index in [0.717, 1.165) is 38.5 Å². The van der Waals surface area contributed by atoms with E-state index in [1.165, 1.54) is 24.3 Å². The molecule has 1 atom stereocenters. The van der Waals surface area contributed by atoms with Crippen LogP contribution < -0.4 is 5.32 Å². The largest absolute Gasteiger partial charge is 0.447 e. The summed E-state index contributed by atoms with van der Waals surface area (Å²) in [7, 11) is 0. The standard InChI is InChI=1S/C18H22FNO3/c19-14-7-5-13(6-8-14)17(18(22)20-15-9-10-15)23-16(21)11-12-3-1-2-4-12/h5-8,12,15,17H,1-4,9-11H2,(H,20,22). The van der Waals surface area contributed by atoms with Gasteiger partial charge < -0.3 is 10.1 Å². The maximum Gasteiger partial charge on any atom is 0.307 e. The van der Waals surface area contributed by atoms with Crippen LogP contribution in [0.15, 0.2) is 24.3 Å². The lowest BCUT2D eigenvalue weighted by Gasteiger charge is -2.19. The Bertz CT molecular complexity index is 562. The smallest absolute Gasteiger partial charge is 0.307 e. The van der Waals surface area contributed by atoms with E-state index in [0.29, 0.717) is 17.9 Å². The van der Waals surface area contributed by atoms with Crippen LogP contribution in [0.5, 0.6) is 0 Å². The molecule has 0 heterocycles. The van der Waals surface area contributed by atoms with Crippen LogP contribution in [-0.2, 0) is 14.3 Å². The number of halogens is 1. The van der Waals surface area contributed by atoms with Crippen molar-refractivity contribution in [2.75, 3.05) is 0 Å². The molecule has 124 valence electrons. The van der Waals surface area contributed by atoms with Gasteiger partial charge in [-0.1, -0.05) is 25.0 Å². The summed E-state index contributed by atoms with van der Waals surface area (Å²) in [5, 5.41) is 2.86. The second-order valence-electron chi connectivity index (χ2n) is 6.56. The summed E-state index contributed by atoms with van der Waals surface area (Å²) < 4.78 is 18.6. The van der Waals surface area contributed by atoms with E-state index >= 15 is 0 Å². The van der Waals surface area contributed by atoms with Crippen molar-refractivity contribution in [3.8, 4) is 0 Å². The lowest BCUT2D eigenvalue weighted by Crippen LogP contribution is -2.33. The molecule has 1 unspecified atom stereocenters. The van der Waals surface area contributed by atoms with E-state index < -0.39 is 6.10 Å². The number of ether oxygens (including phenoxy) is 1. The summed E-state index contributed by atoms with van der Waals surface area (Å²) in [5.41, 5.74) is 0.504. The predicted molar refractivity (Wildman–Crippen MR) is 83.0 cm³/mol. The molecule has 2 aliphatic carbocycles. The Morgan fingerprint density at radius 1 is 1.13 bits per heavy atom. The van der Waals surface area contributed by atoms with E-state index in [-0.39, 0.29) is 23.7 Å². The van der Waals surface area contributed by atoms with Gasteiger partial charge in [0, 0.05) is 18.0 Å². The summed E-state index contributed by atoms with van der Waals surface area (Å²) in [4.78, 5) is 24.5. The van der Waals surface area contributed by atoms with Crippen LogP contribution in [0.1, 0.15) is 56.6 Å². The maximum atomic E-state index is 13.1. The van der Waals surface area contributed by atoms with Crippen LogP contribution in [0.2, 0.25) is 0 Å². The average molecular weight is 319 g/mol. The second-order valence-corrected chi connectivity index (χ2v) is 6.56. The molecule has 1 aromatic carbocycles. The third-order valence-corrected chi connectivity index (χ3v) is 4.51. The molecule has 1 aromatic rings. The van der Waals surface area contributed by atoms with Crippen molar-refractivity contribution >= 4 is 11.9 Å². The Balaban J connectivity index is 1.66. The average Bonchev–Trinajstić information content (AvgIpc) is 3.19. The third kappa shape index (κ3) is 4.53. The van der Waals surface area contributed by atoms with E-state index in [9.17, 15) is 14.0 Å². The van der Waals surface area contributed by atoms with Gasteiger partial charge in [-0.15, -0.1) is 0 Å². The van der Waals surface area contributed by atoms with Gasteiger partial charge in [0.2, 0.25) is 6.10 Å². The van der Waals surface area contributed by atoms with Crippen molar-refractivity contribution in [2.24, 2.45) is 5.92 Å². The van der Waals surface area contributed by atoms with Gasteiger partial charge in [-0.3, -0.25) is 9.59 Å². The van der Waals surface area contributed by atoms with Crippen LogP contribution in [0.3, 0.4) is 0 Å². The van der Waals surface area contributed by atoms with Gasteiger partial charge in [-0.25, -0.2) is 4.39 Å². The fraction of sp³-hybridized carbons (Fsp3) is 0.556. The zero-order valence-electron chi connectivity index (χ0n) is 13.1. The maximum absolute atomic E-state index is 13.1. The molecule has 0 spiro atoms. The summed E-state index contributed by atoms with van der Waals surface area (Å²) >= 11 is 0. The Morgan fingerprint density at radius 2 is 1.78 bits per heavy atom. The molecule has 23 heavy (non-hydrogen) atoms. The number of amides is 1. The fourth-order valence-corrected chi connectivity index (χ4v) is 3.04. The Labute approximate surface area is 135 Å². The molecule has 0 aliphatic heterocycles. The monoisotopic (exact) mass is 319 g/mol. The zero-order valence-corrected chi connectivity index (χ0v) is 13.1. The number of carbonyl (C=O) groups is 2. The first-order valence-electron chi connectivity index (χ1n) is 8.37. The number of benzene rings is 1. The topological polar surface area (TPSA) is 55.4 Å². The van der Waals surface area contributed by atoms with E-state index in [2.05, 4.69) is 5.32 Å². The number of nitrogens with one attached hydrogen (secondary N) is 1. The van der Waals surface area contributed by atoms with Gasteiger partial charge in [0.1, 0.15) is 5.82 Å². The van der Waals surface area contributed by atoms with Crippen LogP contribution in [-0.4, -0.2) is 17.9 Å². The zero-order chi connectivity index (χ0) is 16.2. The number of esters is 1. The van der Waals surface area contributed by atoms with Crippen molar-refractivity contribution < 1.29 is 18.7 Å². The third-order valence-electron chi connectivity index (χ3n) is 4.51. The predicted octanol–water partition coefficient (Wildman–Crippen LogP) is 3.27. The molecule has 1 amide bonds. The Hall–Kier alpha value is -1.91. The number of hydrogen-bond donors (Lipinski definition) is 1. The quantitative estimate of drug-likeness (QED) is 0.819. The lowest BCUT2D eigenvalue weighted by atomic mass is 10.0. The minimum Gasteiger partial charge on any atom is -0.447 e. The summed E-state index contributed by atoms with van der Waals surface area (Å²) in [6.45, 7) is 0. The molecular weight excluding hydrogens is 297 g/mol. The van der Waals surface area contributed by atoms with Gasteiger partial charge in [-0.2, -0.15) is 0 Å². The molecule has 2 aliphatic rings. The fourth-order valence-electron chi connectivity index (χ4n) is 3.04. The molecule has 4 nitrogen and oxygen atoms in total. The van der Waals surface area contributed by atoms with Crippen molar-refractivity contribution in [3.05, 3.63) is 35.6 Å². The number of carbonyl (C=O) groups excluding carboxylic acids is 2. The minimum absolute atomic E-state index is 0.180. The van der Waals surface area contributed by atoms with Gasteiger partial charge in [-0.05, 0) is 43.7 Å². The van der Waals surface area contributed by atoms with Crippen molar-refractivity contribution in [1.29, 1.82) is 0 Å². The summed E-state index contributed by atoms with van der Waals surface area (Å²) in [6, 6.07) is 5.72. The van der Waals surface area contributed by atoms with Crippen LogP contribution in [0, 0.1) is 11.7 Å². The van der Waals surface area contributed by atoms with Crippen molar-refractivity contribution in [3.63, 3.8) is 0 Å². The first-order chi connectivity index (χ1) is 11.1. The van der Waals surface area contributed by atoms with Crippen LogP contribution in [0.4, 0.5) is 4.39 Å². The van der Waals surface area contributed by atoms with E-state index in [1.807, 2.05) is 0 Å². The van der Waals surface area contributed by atoms with Crippen LogP contribution in [0.25, 0.3) is 0 Å². The molecule has 2 fully saturated rings. The highest BCUT2D eigenvalue weighted by Crippen LogP contribution is 2.29. The lowest BCUT2D eigenvalue weighted by molar-refractivity contribution is -0.157. The second kappa shape index (κ2) is 7.11. The first-order valence-corrected chi connectivity index (χ1v) is 8.37. The SMILES string of the molecule is O=C(CC1CCCC1)OC(C(=O)NC1CC1)c1ccc(F)cc1. The molecule has 0 aromatic heterocycles. The molecule has 0 bridgehead atoms. The van der Waals surface area contributed by atoms with Crippen LogP contribution >= 0.6 is 0 Å². The molecule has 3 rings (SSSR count). The molecule has 2 saturated carbocycles. The molecule has 1 N–H and O–H groups in total. The minimum atomic E-state index is -0.995. The first kappa shape index (κ1) is 16.0. The summed E-state index contributed by atoms with van der Waals surface area (Å²) in [6.07, 6.45) is 5.67. The van der Waals surface area contributed by atoms with Crippen molar-refractivity contribution in [2.45, 2.75) is 57.1 Å². The highest BCUT2D eigenvalue weighted by Gasteiger charge is 2.31. The van der Waals surface area contributed by atoms with Gasteiger partial charge in [0.05, 0.1) is 0 Å². The normalized spacial score (nSPS) is 19.3. The van der Waals surface area contributed by atoms with Crippen molar-refractivity contribution in [1.82, 2.24) is 5.32 Å². The van der Waals surface area contributed by atoms with Gasteiger partial charge >= 0.3 is 5.97 Å². The number of hydrogen-bond acceptors (Lipinski definition) is 3. The van der Waals surface area contributed by atoms with E-state index in [1.54, 1.807) is 0 Å². The van der Waals surface area contributed by atoms with Gasteiger partial charge in [0.25, 0.3) is 5.91 Å². The van der Waals surface area contributed by atoms with E-state index in [4.69, 9.17) is 4.74 Å².